The van der Waals surface area contributed by atoms with Crippen LogP contribution in [0.3, 0.4) is 0 Å². The van der Waals surface area contributed by atoms with Gasteiger partial charge in [-0.1, -0.05) is 12.2 Å². The van der Waals surface area contributed by atoms with E-state index in [1.54, 1.807) is 6.08 Å². The fourth-order valence-corrected chi connectivity index (χ4v) is 3.91. The molecule has 0 amide bonds. The largest absolute Gasteiger partial charge is 0.344 e. The van der Waals surface area contributed by atoms with Crippen LogP contribution in [0, 0.1) is 23.7 Å². The van der Waals surface area contributed by atoms with Crippen molar-refractivity contribution in [1.82, 2.24) is 0 Å². The van der Waals surface area contributed by atoms with Gasteiger partial charge in [0.1, 0.15) is 0 Å². The van der Waals surface area contributed by atoms with Crippen LogP contribution in [0.4, 0.5) is 0 Å². The maximum atomic E-state index is 12.0. The van der Waals surface area contributed by atoms with E-state index in [2.05, 4.69) is 12.2 Å². The molecule has 0 aromatic carbocycles. The lowest BCUT2D eigenvalue weighted by Gasteiger charge is -2.40. The molecule has 0 N–H and O–H groups in total. The first-order valence-corrected chi connectivity index (χ1v) is 5.99. The van der Waals surface area contributed by atoms with Gasteiger partial charge in [-0.05, 0) is 30.4 Å². The van der Waals surface area contributed by atoms with Crippen molar-refractivity contribution in [2.75, 3.05) is 13.2 Å². The van der Waals surface area contributed by atoms with Crippen LogP contribution in [-0.2, 0) is 14.3 Å². The molecule has 1 saturated heterocycles. The maximum Gasteiger partial charge on any atom is 0.192 e. The Morgan fingerprint density at radius 3 is 2.75 bits per heavy atom. The van der Waals surface area contributed by atoms with E-state index in [9.17, 15) is 4.79 Å². The van der Waals surface area contributed by atoms with Gasteiger partial charge in [0.25, 0.3) is 0 Å². The molecule has 0 unspecified atom stereocenters. The second kappa shape index (κ2) is 2.84. The molecule has 3 heteroatoms. The Morgan fingerprint density at radius 2 is 1.94 bits per heavy atom. The van der Waals surface area contributed by atoms with E-state index < -0.39 is 5.79 Å². The summed E-state index contributed by atoms with van der Waals surface area (Å²) >= 11 is 0. The number of ether oxygens (including phenoxy) is 2. The summed E-state index contributed by atoms with van der Waals surface area (Å²) < 4.78 is 11.6. The molecule has 4 aliphatic rings. The van der Waals surface area contributed by atoms with Crippen LogP contribution < -0.4 is 0 Å². The van der Waals surface area contributed by atoms with Crippen LogP contribution in [0.25, 0.3) is 0 Å². The Balaban J connectivity index is 1.83. The van der Waals surface area contributed by atoms with Crippen LogP contribution in [0.15, 0.2) is 24.3 Å². The van der Waals surface area contributed by atoms with Gasteiger partial charge in [0.2, 0.25) is 0 Å². The number of ketones is 1. The molecule has 1 heterocycles. The van der Waals surface area contributed by atoms with Crippen LogP contribution in [-0.4, -0.2) is 24.8 Å². The van der Waals surface area contributed by atoms with Gasteiger partial charge in [-0.25, -0.2) is 0 Å². The Hall–Kier alpha value is -0.930. The molecule has 16 heavy (non-hydrogen) atoms. The molecule has 3 nitrogen and oxygen atoms in total. The smallest absolute Gasteiger partial charge is 0.192 e. The number of rotatable bonds is 0. The molecule has 2 bridgehead atoms. The van der Waals surface area contributed by atoms with E-state index in [0.29, 0.717) is 25.0 Å². The van der Waals surface area contributed by atoms with Crippen molar-refractivity contribution < 1.29 is 14.3 Å². The Morgan fingerprint density at radius 1 is 1.19 bits per heavy atom. The minimum absolute atomic E-state index is 0.0955. The maximum absolute atomic E-state index is 12.0. The Bertz CT molecular complexity index is 403. The normalized spacial score (nSPS) is 46.9. The predicted octanol–water partition coefficient (Wildman–Crippen LogP) is 1.31. The van der Waals surface area contributed by atoms with Gasteiger partial charge < -0.3 is 9.47 Å². The first-order valence-electron chi connectivity index (χ1n) is 5.99. The number of hydrogen-bond donors (Lipinski definition) is 0. The SMILES string of the molecule is O=C1C=CC2(OCCO2)[C@@H]2[C@H]1[C@@H]1C=C[C@H]2C1. The average molecular weight is 218 g/mol. The summed E-state index contributed by atoms with van der Waals surface area (Å²) in [5.41, 5.74) is 0. The number of carbonyl (C=O) groups is 1. The number of carbonyl (C=O) groups excluding carboxylic acids is 1. The lowest BCUT2D eigenvalue weighted by molar-refractivity contribution is -0.180. The molecule has 0 radical (unpaired) electrons. The minimum atomic E-state index is -0.594. The summed E-state index contributed by atoms with van der Waals surface area (Å²) in [6.45, 7) is 1.28. The molecule has 4 rings (SSSR count). The summed E-state index contributed by atoms with van der Waals surface area (Å²) in [4.78, 5) is 12.0. The summed E-state index contributed by atoms with van der Waals surface area (Å²) in [5, 5.41) is 0. The van der Waals surface area contributed by atoms with E-state index >= 15 is 0 Å². The van der Waals surface area contributed by atoms with E-state index in [-0.39, 0.29) is 17.6 Å². The topological polar surface area (TPSA) is 35.5 Å². The van der Waals surface area contributed by atoms with E-state index in [1.807, 2.05) is 6.08 Å². The van der Waals surface area contributed by atoms with Crippen LogP contribution in [0.2, 0.25) is 0 Å². The molecule has 1 aliphatic heterocycles. The predicted molar refractivity (Wildman–Crippen MR) is 56.5 cm³/mol. The van der Waals surface area contributed by atoms with Crippen LogP contribution in [0.5, 0.6) is 0 Å². The fraction of sp³-hybridized carbons (Fsp3) is 0.615. The highest BCUT2D eigenvalue weighted by molar-refractivity contribution is 5.94. The summed E-state index contributed by atoms with van der Waals surface area (Å²) in [6.07, 6.45) is 9.05. The van der Waals surface area contributed by atoms with Crippen molar-refractivity contribution in [2.24, 2.45) is 23.7 Å². The quantitative estimate of drug-likeness (QED) is 0.575. The van der Waals surface area contributed by atoms with Crippen LogP contribution in [0.1, 0.15) is 6.42 Å². The lowest BCUT2D eigenvalue weighted by atomic mass is 9.72. The van der Waals surface area contributed by atoms with Gasteiger partial charge in [-0.3, -0.25) is 4.79 Å². The molecule has 1 spiro atoms. The number of fused-ring (bicyclic) bond motifs is 6. The highest BCUT2D eigenvalue weighted by Crippen LogP contribution is 2.56. The van der Waals surface area contributed by atoms with Gasteiger partial charge in [0.05, 0.1) is 13.2 Å². The monoisotopic (exact) mass is 218 g/mol. The van der Waals surface area contributed by atoms with E-state index in [1.165, 1.54) is 0 Å². The zero-order chi connectivity index (χ0) is 10.8. The van der Waals surface area contributed by atoms with Gasteiger partial charge >= 0.3 is 0 Å². The molecule has 0 aromatic rings. The zero-order valence-corrected chi connectivity index (χ0v) is 8.96. The first kappa shape index (κ1) is 9.14. The molecule has 3 aliphatic carbocycles. The lowest BCUT2D eigenvalue weighted by Crippen LogP contribution is -2.48. The van der Waals surface area contributed by atoms with Crippen molar-refractivity contribution >= 4 is 5.78 Å². The van der Waals surface area contributed by atoms with Gasteiger partial charge in [-0.2, -0.15) is 0 Å². The summed E-state index contributed by atoms with van der Waals surface area (Å²) in [7, 11) is 0. The third-order valence-corrected chi connectivity index (χ3v) is 4.47. The molecular weight excluding hydrogens is 204 g/mol. The van der Waals surface area contributed by atoms with Crippen molar-refractivity contribution in [3.8, 4) is 0 Å². The second-order valence-electron chi connectivity index (χ2n) is 5.15. The third kappa shape index (κ3) is 0.937. The highest BCUT2D eigenvalue weighted by atomic mass is 16.7. The van der Waals surface area contributed by atoms with Gasteiger partial charge in [0, 0.05) is 11.8 Å². The fourth-order valence-electron chi connectivity index (χ4n) is 3.91. The standard InChI is InChI=1S/C13H14O3/c14-10-3-4-13(15-5-6-16-13)12-9-2-1-8(7-9)11(10)12/h1-4,8-9,11-12H,5-7H2/t8-,9+,11+,12+/m1/s1. The Kier molecular flexibility index (Phi) is 1.62. The number of hydrogen-bond acceptors (Lipinski definition) is 3. The highest BCUT2D eigenvalue weighted by Gasteiger charge is 2.60. The minimum Gasteiger partial charge on any atom is -0.344 e. The first-order chi connectivity index (χ1) is 7.80. The summed E-state index contributed by atoms with van der Waals surface area (Å²) in [5.74, 6) is 0.842. The van der Waals surface area contributed by atoms with Crippen molar-refractivity contribution in [1.29, 1.82) is 0 Å². The second-order valence-corrected chi connectivity index (χ2v) is 5.15. The zero-order valence-electron chi connectivity index (χ0n) is 8.96. The van der Waals surface area contributed by atoms with Crippen molar-refractivity contribution in [3.63, 3.8) is 0 Å². The van der Waals surface area contributed by atoms with E-state index in [0.717, 1.165) is 6.42 Å². The van der Waals surface area contributed by atoms with Gasteiger partial charge in [0.15, 0.2) is 11.6 Å². The van der Waals surface area contributed by atoms with Gasteiger partial charge in [-0.15, -0.1) is 0 Å². The molecule has 84 valence electrons. The van der Waals surface area contributed by atoms with E-state index in [4.69, 9.17) is 9.47 Å². The molecule has 2 fully saturated rings. The number of allylic oxidation sites excluding steroid dienone is 3. The molecule has 4 atom stereocenters. The average Bonchev–Trinajstić information content (AvgIpc) is 2.99. The molecular formula is C13H14O3. The summed E-state index contributed by atoms with van der Waals surface area (Å²) in [6, 6.07) is 0. The molecule has 0 aromatic heterocycles. The Labute approximate surface area is 94.1 Å². The molecule has 1 saturated carbocycles. The van der Waals surface area contributed by atoms with Crippen molar-refractivity contribution in [2.45, 2.75) is 12.2 Å². The van der Waals surface area contributed by atoms with Crippen LogP contribution >= 0.6 is 0 Å². The van der Waals surface area contributed by atoms with Crippen molar-refractivity contribution in [3.05, 3.63) is 24.3 Å². The third-order valence-electron chi connectivity index (χ3n) is 4.47.